The zero-order chi connectivity index (χ0) is 20.7. The molecule has 6 nitrogen and oxygen atoms in total. The zero-order valence-electron chi connectivity index (χ0n) is 15.4. The van der Waals surface area contributed by atoms with Gasteiger partial charge in [-0.1, -0.05) is 17.7 Å². The van der Waals surface area contributed by atoms with Gasteiger partial charge in [0.25, 0.3) is 11.8 Å². The summed E-state index contributed by atoms with van der Waals surface area (Å²) in [6.07, 6.45) is -1.17. The SMILES string of the molecule is Cc1ccc(NC(=O)C(C)OC(=O)CCNC(=O)c2ccc(Cl)cc2)cc1F. The maximum atomic E-state index is 13.5. The number of anilines is 1. The van der Waals surface area contributed by atoms with E-state index in [0.29, 0.717) is 16.1 Å². The number of hydrogen-bond acceptors (Lipinski definition) is 4. The molecule has 0 aliphatic rings. The van der Waals surface area contributed by atoms with Gasteiger partial charge in [0, 0.05) is 22.8 Å². The van der Waals surface area contributed by atoms with Crippen molar-refractivity contribution >= 4 is 35.1 Å². The van der Waals surface area contributed by atoms with Crippen LogP contribution in [0, 0.1) is 12.7 Å². The van der Waals surface area contributed by atoms with Gasteiger partial charge in [-0.25, -0.2) is 4.39 Å². The van der Waals surface area contributed by atoms with Gasteiger partial charge in [-0.3, -0.25) is 14.4 Å². The number of halogens is 2. The van der Waals surface area contributed by atoms with Crippen molar-refractivity contribution in [2.45, 2.75) is 26.4 Å². The summed E-state index contributed by atoms with van der Waals surface area (Å²) < 4.78 is 18.5. The fourth-order valence-electron chi connectivity index (χ4n) is 2.21. The van der Waals surface area contributed by atoms with Gasteiger partial charge in [-0.05, 0) is 55.8 Å². The minimum Gasteiger partial charge on any atom is -0.452 e. The minimum absolute atomic E-state index is 0.0534. The first-order valence-corrected chi connectivity index (χ1v) is 8.94. The second-order valence-corrected chi connectivity index (χ2v) is 6.53. The normalized spacial score (nSPS) is 11.4. The Morgan fingerprint density at radius 2 is 1.82 bits per heavy atom. The molecule has 2 rings (SSSR count). The smallest absolute Gasteiger partial charge is 0.308 e. The highest BCUT2D eigenvalue weighted by Crippen LogP contribution is 2.14. The topological polar surface area (TPSA) is 84.5 Å². The van der Waals surface area contributed by atoms with E-state index >= 15 is 0 Å². The van der Waals surface area contributed by atoms with Crippen LogP contribution in [-0.4, -0.2) is 30.4 Å². The standard InChI is InChI=1S/C20H20ClFN2O4/c1-12-3-8-16(11-17(12)22)24-19(26)13(2)28-18(25)9-10-23-20(27)14-4-6-15(21)7-5-14/h3-8,11,13H,9-10H2,1-2H3,(H,23,27)(H,24,26). The first-order chi connectivity index (χ1) is 13.3. The Balaban J connectivity index is 1.75. The molecule has 0 radical (unpaired) electrons. The number of hydrogen-bond donors (Lipinski definition) is 2. The third-order valence-corrected chi connectivity index (χ3v) is 4.09. The molecule has 0 bridgehead atoms. The third kappa shape index (κ3) is 6.35. The molecule has 0 aliphatic carbocycles. The molecular formula is C20H20ClFN2O4. The molecule has 0 saturated heterocycles. The molecule has 2 aromatic rings. The first-order valence-electron chi connectivity index (χ1n) is 8.56. The lowest BCUT2D eigenvalue weighted by Gasteiger charge is -2.14. The van der Waals surface area contributed by atoms with Gasteiger partial charge >= 0.3 is 5.97 Å². The number of carbonyl (C=O) groups is 3. The van der Waals surface area contributed by atoms with E-state index in [1.165, 1.54) is 19.1 Å². The van der Waals surface area contributed by atoms with Crippen LogP contribution in [0.4, 0.5) is 10.1 Å². The van der Waals surface area contributed by atoms with Crippen LogP contribution in [0.2, 0.25) is 5.02 Å². The molecular weight excluding hydrogens is 387 g/mol. The molecule has 0 aromatic heterocycles. The van der Waals surface area contributed by atoms with Gasteiger partial charge < -0.3 is 15.4 Å². The van der Waals surface area contributed by atoms with E-state index in [2.05, 4.69) is 10.6 Å². The molecule has 2 aromatic carbocycles. The minimum atomic E-state index is -1.07. The first kappa shape index (κ1) is 21.4. The number of ether oxygens (including phenoxy) is 1. The van der Waals surface area contributed by atoms with E-state index in [4.69, 9.17) is 16.3 Å². The van der Waals surface area contributed by atoms with Gasteiger partial charge in [-0.15, -0.1) is 0 Å². The summed E-state index contributed by atoms with van der Waals surface area (Å²) in [7, 11) is 0. The zero-order valence-corrected chi connectivity index (χ0v) is 16.2. The molecule has 1 unspecified atom stereocenters. The van der Waals surface area contributed by atoms with Gasteiger partial charge in [0.15, 0.2) is 6.10 Å². The van der Waals surface area contributed by atoms with Crippen molar-refractivity contribution in [1.29, 1.82) is 0 Å². The van der Waals surface area contributed by atoms with Crippen LogP contribution in [-0.2, 0) is 14.3 Å². The van der Waals surface area contributed by atoms with Crippen LogP contribution in [0.15, 0.2) is 42.5 Å². The third-order valence-electron chi connectivity index (χ3n) is 3.84. The number of nitrogens with one attached hydrogen (secondary N) is 2. The van der Waals surface area contributed by atoms with E-state index < -0.39 is 23.8 Å². The average Bonchev–Trinajstić information content (AvgIpc) is 2.65. The predicted octanol–water partition coefficient (Wildman–Crippen LogP) is 3.48. The fourth-order valence-corrected chi connectivity index (χ4v) is 2.33. The predicted molar refractivity (Wildman–Crippen MR) is 104 cm³/mol. The summed E-state index contributed by atoms with van der Waals surface area (Å²) in [5, 5.41) is 5.57. The Kier molecular flexibility index (Phi) is 7.52. The number of aryl methyl sites for hydroxylation is 1. The molecule has 1 atom stereocenters. The highest BCUT2D eigenvalue weighted by molar-refractivity contribution is 6.30. The van der Waals surface area contributed by atoms with E-state index in [1.807, 2.05) is 0 Å². The van der Waals surface area contributed by atoms with Crippen molar-refractivity contribution in [1.82, 2.24) is 5.32 Å². The number of rotatable bonds is 7. The van der Waals surface area contributed by atoms with E-state index in [0.717, 1.165) is 0 Å². The molecule has 2 amide bonds. The van der Waals surface area contributed by atoms with Gasteiger partial charge in [0.1, 0.15) is 5.82 Å². The van der Waals surface area contributed by atoms with Crippen LogP contribution < -0.4 is 10.6 Å². The van der Waals surface area contributed by atoms with Crippen LogP contribution >= 0.6 is 11.6 Å². The molecule has 2 N–H and O–H groups in total. The summed E-state index contributed by atoms with van der Waals surface area (Å²) in [6, 6.07) is 10.6. The van der Waals surface area contributed by atoms with Crippen LogP contribution in [0.25, 0.3) is 0 Å². The lowest BCUT2D eigenvalue weighted by atomic mass is 10.2. The Bertz CT molecular complexity index is 871. The maximum Gasteiger partial charge on any atom is 0.308 e. The lowest BCUT2D eigenvalue weighted by Crippen LogP contribution is -2.32. The van der Waals surface area contributed by atoms with Crippen molar-refractivity contribution in [3.63, 3.8) is 0 Å². The Morgan fingerprint density at radius 1 is 1.14 bits per heavy atom. The summed E-state index contributed by atoms with van der Waals surface area (Å²) >= 11 is 5.76. The number of amides is 2. The number of esters is 1. The summed E-state index contributed by atoms with van der Waals surface area (Å²) in [5.41, 5.74) is 1.14. The van der Waals surface area contributed by atoms with E-state index in [-0.39, 0.29) is 24.6 Å². The summed E-state index contributed by atoms with van der Waals surface area (Å²) in [4.78, 5) is 35.8. The fraction of sp³-hybridized carbons (Fsp3) is 0.250. The van der Waals surface area contributed by atoms with Gasteiger partial charge in [-0.2, -0.15) is 0 Å². The molecule has 0 saturated carbocycles. The molecule has 0 heterocycles. The number of carbonyl (C=O) groups excluding carboxylic acids is 3. The Labute approximate surface area is 167 Å². The molecule has 0 fully saturated rings. The van der Waals surface area contributed by atoms with Crippen molar-refractivity contribution < 1.29 is 23.5 Å². The molecule has 148 valence electrons. The highest BCUT2D eigenvalue weighted by atomic mass is 35.5. The van der Waals surface area contributed by atoms with Crippen molar-refractivity contribution in [2.24, 2.45) is 0 Å². The average molecular weight is 407 g/mol. The largest absolute Gasteiger partial charge is 0.452 e. The molecule has 8 heteroatoms. The van der Waals surface area contributed by atoms with E-state index in [9.17, 15) is 18.8 Å². The Morgan fingerprint density at radius 3 is 2.46 bits per heavy atom. The lowest BCUT2D eigenvalue weighted by molar-refractivity contribution is -0.153. The second kappa shape index (κ2) is 9.85. The van der Waals surface area contributed by atoms with Gasteiger partial charge in [0.2, 0.25) is 0 Å². The summed E-state index contributed by atoms with van der Waals surface area (Å²) in [5.74, 6) is -2.02. The van der Waals surface area contributed by atoms with Crippen LogP contribution in [0.1, 0.15) is 29.3 Å². The quantitative estimate of drug-likeness (QED) is 0.689. The van der Waals surface area contributed by atoms with Crippen LogP contribution in [0.3, 0.4) is 0 Å². The van der Waals surface area contributed by atoms with Crippen molar-refractivity contribution in [3.05, 3.63) is 64.4 Å². The maximum absolute atomic E-state index is 13.5. The molecule has 28 heavy (non-hydrogen) atoms. The molecule has 0 aliphatic heterocycles. The van der Waals surface area contributed by atoms with Gasteiger partial charge in [0.05, 0.1) is 6.42 Å². The Hall–Kier alpha value is -2.93. The van der Waals surface area contributed by atoms with Crippen molar-refractivity contribution in [2.75, 3.05) is 11.9 Å². The number of benzene rings is 2. The molecule has 0 spiro atoms. The highest BCUT2D eigenvalue weighted by Gasteiger charge is 2.18. The summed E-state index contributed by atoms with van der Waals surface area (Å²) in [6.45, 7) is 3.07. The van der Waals surface area contributed by atoms with Crippen LogP contribution in [0.5, 0.6) is 0 Å². The van der Waals surface area contributed by atoms with Crippen molar-refractivity contribution in [3.8, 4) is 0 Å². The van der Waals surface area contributed by atoms with E-state index in [1.54, 1.807) is 37.3 Å². The second-order valence-electron chi connectivity index (χ2n) is 6.10. The monoisotopic (exact) mass is 406 g/mol.